The fraction of sp³-hybridized carbons (Fsp3) is 0.300. The van der Waals surface area contributed by atoms with E-state index in [0.29, 0.717) is 0 Å². The Kier molecular flexibility index (Phi) is 6.94. The molecule has 1 unspecified atom stereocenters. The zero-order chi connectivity index (χ0) is 19.3. The zero-order valence-corrected chi connectivity index (χ0v) is 17.2. The lowest BCUT2D eigenvalue weighted by atomic mass is 10.1. The minimum atomic E-state index is -0.118. The fourth-order valence-electron chi connectivity index (χ4n) is 2.82. The van der Waals surface area contributed by atoms with Gasteiger partial charge in [0.25, 0.3) is 11.8 Å². The fourth-order valence-corrected chi connectivity index (χ4v) is 3.30. The summed E-state index contributed by atoms with van der Waals surface area (Å²) in [6, 6.07) is 11.6. The summed E-state index contributed by atoms with van der Waals surface area (Å²) in [5.74, 6) is -0.229. The molecular formula is C20H25BrN3O2+. The molecule has 2 amide bonds. The Bertz CT molecular complexity index is 800. The number of likely N-dealkylation sites (N-methyl/N-ethyl adjacent to an activating group) is 1. The van der Waals surface area contributed by atoms with Crippen LogP contribution in [-0.2, 0) is 9.59 Å². The van der Waals surface area contributed by atoms with E-state index in [1.54, 1.807) is 0 Å². The maximum atomic E-state index is 12.2. The molecule has 2 rings (SSSR count). The van der Waals surface area contributed by atoms with Crippen LogP contribution in [0, 0.1) is 20.8 Å². The minimum Gasteiger partial charge on any atom is -0.322 e. The van der Waals surface area contributed by atoms with Crippen LogP contribution in [0.25, 0.3) is 0 Å². The van der Waals surface area contributed by atoms with E-state index in [0.717, 1.165) is 37.4 Å². The molecule has 3 N–H and O–H groups in total. The van der Waals surface area contributed by atoms with Crippen LogP contribution in [0.1, 0.15) is 16.7 Å². The normalized spacial score (nSPS) is 11.7. The number of rotatable bonds is 6. The van der Waals surface area contributed by atoms with Gasteiger partial charge in [0.05, 0.1) is 7.05 Å². The highest BCUT2D eigenvalue weighted by Crippen LogP contribution is 2.19. The lowest BCUT2D eigenvalue weighted by Gasteiger charge is -2.15. The van der Waals surface area contributed by atoms with Gasteiger partial charge in [0.15, 0.2) is 13.1 Å². The third-order valence-electron chi connectivity index (χ3n) is 3.89. The highest BCUT2D eigenvalue weighted by atomic mass is 79.9. The molecule has 0 bridgehead atoms. The van der Waals surface area contributed by atoms with Crippen molar-refractivity contribution in [3.05, 3.63) is 57.6 Å². The monoisotopic (exact) mass is 418 g/mol. The molecule has 2 aromatic rings. The standard InChI is InChI=1S/C20H24BrN3O2/c1-13-7-14(2)9-17(8-13)22-19(25)11-24(4)12-20(26)23-18-6-5-16(21)10-15(18)3/h5-10H,11-12H2,1-4H3,(H,22,25)(H,23,26)/p+1. The van der Waals surface area contributed by atoms with Crippen molar-refractivity contribution < 1.29 is 14.5 Å². The number of aryl methyl sites for hydroxylation is 3. The molecule has 0 aliphatic carbocycles. The maximum Gasteiger partial charge on any atom is 0.279 e. The van der Waals surface area contributed by atoms with Crippen molar-refractivity contribution in [1.82, 2.24) is 0 Å². The molecular weight excluding hydrogens is 394 g/mol. The van der Waals surface area contributed by atoms with E-state index in [4.69, 9.17) is 0 Å². The first-order chi connectivity index (χ1) is 12.2. The molecule has 0 saturated carbocycles. The van der Waals surface area contributed by atoms with Crippen LogP contribution < -0.4 is 15.5 Å². The van der Waals surface area contributed by atoms with Crippen LogP contribution in [0.15, 0.2) is 40.9 Å². The molecule has 6 heteroatoms. The molecule has 0 aliphatic heterocycles. The Labute approximate surface area is 162 Å². The number of carbonyl (C=O) groups is 2. The molecule has 2 aromatic carbocycles. The van der Waals surface area contributed by atoms with Crippen LogP contribution in [0.3, 0.4) is 0 Å². The van der Waals surface area contributed by atoms with Gasteiger partial charge in [0, 0.05) is 15.8 Å². The third kappa shape index (κ3) is 6.28. The molecule has 0 radical (unpaired) electrons. The quantitative estimate of drug-likeness (QED) is 0.674. The number of anilines is 2. The highest BCUT2D eigenvalue weighted by molar-refractivity contribution is 9.10. The number of hydrogen-bond donors (Lipinski definition) is 3. The zero-order valence-electron chi connectivity index (χ0n) is 15.6. The molecule has 0 aromatic heterocycles. The molecule has 5 nitrogen and oxygen atoms in total. The van der Waals surface area contributed by atoms with Gasteiger partial charge in [0.2, 0.25) is 0 Å². The third-order valence-corrected chi connectivity index (χ3v) is 4.39. The highest BCUT2D eigenvalue weighted by Gasteiger charge is 2.15. The van der Waals surface area contributed by atoms with Gasteiger partial charge in [-0.3, -0.25) is 9.59 Å². The van der Waals surface area contributed by atoms with Crippen molar-refractivity contribution >= 4 is 39.1 Å². The lowest BCUT2D eigenvalue weighted by Crippen LogP contribution is -3.11. The van der Waals surface area contributed by atoms with Crippen LogP contribution in [0.2, 0.25) is 0 Å². The maximum absolute atomic E-state index is 12.2. The van der Waals surface area contributed by atoms with Gasteiger partial charge in [-0.25, -0.2) is 0 Å². The van der Waals surface area contributed by atoms with Crippen LogP contribution >= 0.6 is 15.9 Å². The molecule has 0 spiro atoms. The lowest BCUT2D eigenvalue weighted by molar-refractivity contribution is -0.862. The smallest absolute Gasteiger partial charge is 0.279 e. The van der Waals surface area contributed by atoms with Gasteiger partial charge in [-0.1, -0.05) is 22.0 Å². The molecule has 0 fully saturated rings. The van der Waals surface area contributed by atoms with Crippen molar-refractivity contribution in [1.29, 1.82) is 0 Å². The van der Waals surface area contributed by atoms with E-state index in [9.17, 15) is 9.59 Å². The molecule has 1 atom stereocenters. The summed E-state index contributed by atoms with van der Waals surface area (Å²) in [4.78, 5) is 25.2. The molecule has 0 saturated heterocycles. The molecule has 0 heterocycles. The number of nitrogens with one attached hydrogen (secondary N) is 3. The van der Waals surface area contributed by atoms with Crippen molar-refractivity contribution in [2.45, 2.75) is 20.8 Å². The first-order valence-electron chi connectivity index (χ1n) is 8.48. The summed E-state index contributed by atoms with van der Waals surface area (Å²) < 4.78 is 0.971. The van der Waals surface area contributed by atoms with Crippen molar-refractivity contribution in [2.24, 2.45) is 0 Å². The summed E-state index contributed by atoms with van der Waals surface area (Å²) in [5.41, 5.74) is 4.76. The number of benzene rings is 2. The first kappa shape index (κ1) is 20.1. The Morgan fingerprint density at radius 3 is 2.08 bits per heavy atom. The van der Waals surface area contributed by atoms with E-state index in [2.05, 4.69) is 32.6 Å². The van der Waals surface area contributed by atoms with E-state index in [-0.39, 0.29) is 24.9 Å². The summed E-state index contributed by atoms with van der Waals surface area (Å²) in [6.07, 6.45) is 0. The van der Waals surface area contributed by atoms with Crippen LogP contribution in [-0.4, -0.2) is 32.0 Å². The van der Waals surface area contributed by atoms with Crippen molar-refractivity contribution in [2.75, 3.05) is 30.8 Å². The average molecular weight is 419 g/mol. The Morgan fingerprint density at radius 2 is 1.50 bits per heavy atom. The number of quaternary nitrogens is 1. The largest absolute Gasteiger partial charge is 0.322 e. The first-order valence-corrected chi connectivity index (χ1v) is 9.27. The molecule has 138 valence electrons. The Morgan fingerprint density at radius 1 is 0.923 bits per heavy atom. The number of hydrogen-bond acceptors (Lipinski definition) is 2. The second kappa shape index (κ2) is 8.96. The second-order valence-electron chi connectivity index (χ2n) is 6.74. The summed E-state index contributed by atoms with van der Waals surface area (Å²) >= 11 is 3.40. The van der Waals surface area contributed by atoms with Gasteiger partial charge in [-0.2, -0.15) is 0 Å². The van der Waals surface area contributed by atoms with Gasteiger partial charge in [-0.15, -0.1) is 0 Å². The van der Waals surface area contributed by atoms with E-state index in [1.807, 2.05) is 58.2 Å². The van der Waals surface area contributed by atoms with E-state index < -0.39 is 0 Å². The van der Waals surface area contributed by atoms with Gasteiger partial charge >= 0.3 is 0 Å². The second-order valence-corrected chi connectivity index (χ2v) is 7.66. The van der Waals surface area contributed by atoms with E-state index >= 15 is 0 Å². The van der Waals surface area contributed by atoms with Gasteiger partial charge in [-0.05, 0) is 67.8 Å². The Hall–Kier alpha value is -2.18. The van der Waals surface area contributed by atoms with Gasteiger partial charge < -0.3 is 15.5 Å². The molecule has 0 aliphatic rings. The summed E-state index contributed by atoms with van der Waals surface area (Å²) in [7, 11) is 1.83. The van der Waals surface area contributed by atoms with Crippen LogP contribution in [0.4, 0.5) is 11.4 Å². The molecule has 26 heavy (non-hydrogen) atoms. The van der Waals surface area contributed by atoms with Crippen molar-refractivity contribution in [3.8, 4) is 0 Å². The number of halogens is 1. The number of carbonyl (C=O) groups excluding carboxylic acids is 2. The predicted molar refractivity (Wildman–Crippen MR) is 109 cm³/mol. The van der Waals surface area contributed by atoms with E-state index in [1.165, 1.54) is 0 Å². The average Bonchev–Trinajstić information content (AvgIpc) is 2.48. The van der Waals surface area contributed by atoms with Gasteiger partial charge in [0.1, 0.15) is 0 Å². The number of amides is 2. The minimum absolute atomic E-state index is 0.111. The predicted octanol–water partition coefficient (Wildman–Crippen LogP) is 2.47. The van der Waals surface area contributed by atoms with Crippen molar-refractivity contribution in [3.63, 3.8) is 0 Å². The summed E-state index contributed by atoms with van der Waals surface area (Å²) in [6.45, 7) is 6.37. The van der Waals surface area contributed by atoms with Crippen LogP contribution in [0.5, 0.6) is 0 Å². The summed E-state index contributed by atoms with van der Waals surface area (Å²) in [5, 5.41) is 5.79. The Balaban J connectivity index is 1.85. The topological polar surface area (TPSA) is 62.6 Å². The SMILES string of the molecule is Cc1cc(C)cc(NC(=O)C[NH+](C)CC(=O)Nc2ccc(Br)cc2C)c1.